The van der Waals surface area contributed by atoms with Crippen LogP contribution in [0.4, 0.5) is 4.39 Å². The number of rotatable bonds is 10. The van der Waals surface area contributed by atoms with Crippen LogP contribution in [0.25, 0.3) is 11.0 Å². The van der Waals surface area contributed by atoms with Gasteiger partial charge in [0.05, 0.1) is 59.4 Å². The van der Waals surface area contributed by atoms with E-state index in [0.717, 1.165) is 48.5 Å². The van der Waals surface area contributed by atoms with Crippen LogP contribution in [0.15, 0.2) is 61.2 Å². The quantitative estimate of drug-likeness (QED) is 0.212. The van der Waals surface area contributed by atoms with E-state index in [2.05, 4.69) is 38.0 Å². The van der Waals surface area contributed by atoms with Crippen LogP contribution in [0.2, 0.25) is 0 Å². The number of aromatic carboxylic acids is 1. The largest absolute Gasteiger partial charge is 0.478 e. The second-order valence-electron chi connectivity index (χ2n) is 11.4. The van der Waals surface area contributed by atoms with Gasteiger partial charge in [0.1, 0.15) is 18.2 Å². The molecule has 1 aliphatic rings. The summed E-state index contributed by atoms with van der Waals surface area (Å²) in [6.45, 7) is 7.08. The number of nitrogens with zero attached hydrogens (tertiary/aromatic N) is 8. The number of halogens is 1. The summed E-state index contributed by atoms with van der Waals surface area (Å²) in [5.74, 6) is -0.144. The number of nitriles is 1. The van der Waals surface area contributed by atoms with Crippen molar-refractivity contribution in [3.63, 3.8) is 0 Å². The zero-order chi connectivity index (χ0) is 30.8. The summed E-state index contributed by atoms with van der Waals surface area (Å²) in [7, 11) is 0. The van der Waals surface area contributed by atoms with Gasteiger partial charge in [-0.1, -0.05) is 6.07 Å². The number of hydrogen-bond donors (Lipinski definition) is 2. The molecule has 234 valence electrons. The van der Waals surface area contributed by atoms with Crippen LogP contribution in [0.3, 0.4) is 0 Å². The number of aromatic nitrogens is 6. The van der Waals surface area contributed by atoms with Crippen LogP contribution in [-0.2, 0) is 19.7 Å². The Balaban J connectivity index is 0.00000400. The second kappa shape index (κ2) is 13.3. The summed E-state index contributed by atoms with van der Waals surface area (Å²) in [4.78, 5) is 23.4. The van der Waals surface area contributed by atoms with Crippen molar-refractivity contribution in [2.45, 2.75) is 58.5 Å². The molecule has 3 aromatic heterocycles. The molecule has 6 rings (SSSR count). The fourth-order valence-electron chi connectivity index (χ4n) is 5.71. The smallest absolute Gasteiger partial charge is 0.335 e. The highest BCUT2D eigenvalue weighted by Gasteiger charge is 2.24. The van der Waals surface area contributed by atoms with E-state index in [1.54, 1.807) is 36.4 Å². The van der Waals surface area contributed by atoms with Crippen LogP contribution in [0.5, 0.6) is 5.88 Å². The molecule has 0 bridgehead atoms. The van der Waals surface area contributed by atoms with E-state index in [0.29, 0.717) is 24.5 Å². The third-order valence-corrected chi connectivity index (χ3v) is 8.13. The maximum absolute atomic E-state index is 14.2. The van der Waals surface area contributed by atoms with Gasteiger partial charge in [-0.3, -0.25) is 9.58 Å². The van der Waals surface area contributed by atoms with Gasteiger partial charge in [-0.25, -0.2) is 19.2 Å². The Labute approximate surface area is 259 Å². The van der Waals surface area contributed by atoms with Gasteiger partial charge < -0.3 is 25.1 Å². The van der Waals surface area contributed by atoms with Crippen LogP contribution in [0.1, 0.15) is 71.8 Å². The maximum atomic E-state index is 14.2. The fraction of sp³-hybridized carbons (Fsp3) is 0.344. The summed E-state index contributed by atoms with van der Waals surface area (Å²) < 4.78 is 26.1. The van der Waals surface area contributed by atoms with Crippen LogP contribution < -0.4 is 10.9 Å². The predicted molar refractivity (Wildman–Crippen MR) is 165 cm³/mol. The normalized spacial score (nSPS) is 14.0. The summed E-state index contributed by atoms with van der Waals surface area (Å²) in [6, 6.07) is 13.5. The first-order valence-electron chi connectivity index (χ1n) is 14.6. The van der Waals surface area contributed by atoms with Crippen molar-refractivity contribution in [1.82, 2.24) is 39.9 Å². The molecule has 1 aliphatic heterocycles. The molecule has 0 aliphatic carbocycles. The minimum absolute atomic E-state index is 0. The lowest BCUT2D eigenvalue weighted by Gasteiger charge is -2.31. The molecule has 0 spiro atoms. The number of piperidine rings is 1. The number of benzene rings is 2. The lowest BCUT2D eigenvalue weighted by Crippen LogP contribution is -2.35. The Morgan fingerprint density at radius 3 is 2.67 bits per heavy atom. The van der Waals surface area contributed by atoms with Crippen molar-refractivity contribution in [3.8, 4) is 11.9 Å². The third-order valence-electron chi connectivity index (χ3n) is 8.13. The molecule has 2 aromatic carbocycles. The van der Waals surface area contributed by atoms with Gasteiger partial charge in [-0.15, -0.1) is 5.10 Å². The van der Waals surface area contributed by atoms with E-state index >= 15 is 0 Å². The molecule has 13 heteroatoms. The number of fused-ring (bicyclic) bond motifs is 1. The van der Waals surface area contributed by atoms with Crippen molar-refractivity contribution in [1.29, 1.82) is 5.26 Å². The molecule has 0 atom stereocenters. The average molecular weight is 614 g/mol. The minimum Gasteiger partial charge on any atom is -0.478 e. The lowest BCUT2D eigenvalue weighted by molar-refractivity contribution is 0.0697. The van der Waals surface area contributed by atoms with Crippen LogP contribution in [0, 0.1) is 17.1 Å². The molecule has 4 N–H and O–H groups in total. The molecule has 0 saturated carbocycles. The van der Waals surface area contributed by atoms with Gasteiger partial charge >= 0.3 is 5.97 Å². The average Bonchev–Trinajstić information content (AvgIpc) is 3.76. The van der Waals surface area contributed by atoms with Gasteiger partial charge in [-0.2, -0.15) is 5.26 Å². The maximum Gasteiger partial charge on any atom is 0.335 e. The highest BCUT2D eigenvalue weighted by molar-refractivity contribution is 5.92. The van der Waals surface area contributed by atoms with E-state index in [1.165, 1.54) is 6.07 Å². The number of likely N-dealkylation sites (tertiary alicyclic amines) is 1. The first-order chi connectivity index (χ1) is 21.3. The Morgan fingerprint density at radius 1 is 1.16 bits per heavy atom. The number of carboxylic acids is 1. The number of carboxylic acid groups (broad SMARTS) is 1. The highest BCUT2D eigenvalue weighted by Crippen LogP contribution is 2.27. The zero-order valence-electron chi connectivity index (χ0n) is 25.3. The number of hydrogen-bond acceptors (Lipinski definition) is 8. The first kappa shape index (κ1) is 31.4. The standard InChI is InChI=1S/C32H33FN8O3.H3N/c1-21(2)40-20-35-16-26(40)17-39-29-14-23(32(42)43)5-6-28(29)36-30(39)18-38-10-7-25(8-11-38)41-12-9-31(37-41)44-19-24-4-3-22(15-34)13-27(24)33;/h3-6,9,12-14,16,20-21,25H,7-8,10-11,17-19H2,1-2H3,(H,42,43);1H3. The van der Waals surface area contributed by atoms with Gasteiger partial charge in [-0.05, 0) is 57.0 Å². The van der Waals surface area contributed by atoms with Crippen molar-refractivity contribution in [2.75, 3.05) is 13.1 Å². The van der Waals surface area contributed by atoms with E-state index in [4.69, 9.17) is 15.0 Å². The molecular formula is C32H36FN9O3. The SMILES string of the molecule is CC(C)n1cncc1Cn1c(CN2CCC(n3ccc(OCc4ccc(C#N)cc4F)n3)CC2)nc2ccc(C(=O)O)cc21.N. The van der Waals surface area contributed by atoms with Crippen molar-refractivity contribution in [2.24, 2.45) is 0 Å². The molecule has 45 heavy (non-hydrogen) atoms. The molecule has 1 saturated heterocycles. The Bertz CT molecular complexity index is 1840. The summed E-state index contributed by atoms with van der Waals surface area (Å²) in [5, 5.41) is 23.1. The van der Waals surface area contributed by atoms with Crippen molar-refractivity contribution in [3.05, 3.63) is 95.2 Å². The molecule has 0 amide bonds. The molecule has 5 aromatic rings. The molecule has 4 heterocycles. The Hall–Kier alpha value is -5.06. The third kappa shape index (κ3) is 6.72. The topological polar surface area (TPSA) is 162 Å². The number of ether oxygens (including phenoxy) is 1. The Morgan fingerprint density at radius 2 is 1.96 bits per heavy atom. The Kier molecular flexibility index (Phi) is 9.26. The number of carbonyl (C=O) groups is 1. The van der Waals surface area contributed by atoms with Gasteiger partial charge in [0, 0.05) is 43.2 Å². The van der Waals surface area contributed by atoms with Crippen molar-refractivity contribution >= 4 is 17.0 Å². The first-order valence-corrected chi connectivity index (χ1v) is 14.6. The van der Waals surface area contributed by atoms with Crippen LogP contribution >= 0.6 is 0 Å². The number of imidazole rings is 2. The molecule has 1 fully saturated rings. The minimum atomic E-state index is -0.968. The molecule has 0 radical (unpaired) electrons. The van der Waals surface area contributed by atoms with E-state index in [1.807, 2.05) is 29.5 Å². The predicted octanol–water partition coefficient (Wildman–Crippen LogP) is 5.35. The van der Waals surface area contributed by atoms with Gasteiger partial charge in [0.25, 0.3) is 0 Å². The summed E-state index contributed by atoms with van der Waals surface area (Å²) >= 11 is 0. The summed E-state index contributed by atoms with van der Waals surface area (Å²) in [5.41, 5.74) is 3.44. The van der Waals surface area contributed by atoms with Gasteiger partial charge in [0.15, 0.2) is 0 Å². The van der Waals surface area contributed by atoms with Gasteiger partial charge in [0.2, 0.25) is 5.88 Å². The van der Waals surface area contributed by atoms with Crippen molar-refractivity contribution < 1.29 is 19.0 Å². The highest BCUT2D eigenvalue weighted by atomic mass is 19.1. The second-order valence-corrected chi connectivity index (χ2v) is 11.4. The summed E-state index contributed by atoms with van der Waals surface area (Å²) in [6.07, 6.45) is 7.33. The van der Waals surface area contributed by atoms with E-state index in [9.17, 15) is 14.3 Å². The monoisotopic (exact) mass is 613 g/mol. The van der Waals surface area contributed by atoms with Crippen LogP contribution in [-0.4, -0.2) is 57.9 Å². The zero-order valence-corrected chi connectivity index (χ0v) is 25.3. The molecular weight excluding hydrogens is 577 g/mol. The fourth-order valence-corrected chi connectivity index (χ4v) is 5.71. The molecule has 12 nitrogen and oxygen atoms in total. The lowest BCUT2D eigenvalue weighted by atomic mass is 10.1. The van der Waals surface area contributed by atoms with E-state index in [-0.39, 0.29) is 36.0 Å². The van der Waals surface area contributed by atoms with E-state index < -0.39 is 11.8 Å². The molecule has 0 unspecified atom stereocenters.